The number of likely N-dealkylation sites (tertiary alicyclic amines) is 1. The maximum atomic E-state index is 13.6. The van der Waals surface area contributed by atoms with Gasteiger partial charge in [0, 0.05) is 66.5 Å². The fraction of sp³-hybridized carbons (Fsp3) is 0.500. The SMILES string of the molecule is CC(C)Sc1ccc(OC(F)F)c(C2NN(CC(=O)N3CCC(N4CCOC(CO)C4)CC3)C=C2NC(=O)c2cnn3cccnc23)c1. The lowest BCUT2D eigenvalue weighted by atomic mass is 10.0. The maximum absolute atomic E-state index is 13.6. The van der Waals surface area contributed by atoms with Gasteiger partial charge >= 0.3 is 6.61 Å². The van der Waals surface area contributed by atoms with Crippen molar-refractivity contribution in [2.75, 3.05) is 45.9 Å². The topological polar surface area (TPSA) is 137 Å². The van der Waals surface area contributed by atoms with Crippen molar-refractivity contribution in [2.45, 2.75) is 61.6 Å². The van der Waals surface area contributed by atoms with Gasteiger partial charge in [-0.25, -0.2) is 14.9 Å². The number of hydrazine groups is 1. The van der Waals surface area contributed by atoms with Crippen molar-refractivity contribution >= 4 is 29.2 Å². The summed E-state index contributed by atoms with van der Waals surface area (Å²) in [5.41, 5.74) is 4.56. The number of hydrogen-bond acceptors (Lipinski definition) is 11. The van der Waals surface area contributed by atoms with Crippen molar-refractivity contribution < 1.29 is 33.0 Å². The molecule has 3 N–H and O–H groups in total. The molecule has 2 saturated heterocycles. The molecule has 2 aromatic heterocycles. The molecule has 2 atom stereocenters. The molecule has 258 valence electrons. The van der Waals surface area contributed by atoms with Gasteiger partial charge in [0.05, 0.1) is 37.3 Å². The Balaban J connectivity index is 1.21. The van der Waals surface area contributed by atoms with Gasteiger partial charge in [0.1, 0.15) is 17.9 Å². The van der Waals surface area contributed by atoms with Crippen LogP contribution in [0.1, 0.15) is 48.7 Å². The fourth-order valence-electron chi connectivity index (χ4n) is 6.34. The van der Waals surface area contributed by atoms with Crippen LogP contribution >= 0.6 is 11.8 Å². The van der Waals surface area contributed by atoms with Crippen LogP contribution in [0.3, 0.4) is 0 Å². The van der Waals surface area contributed by atoms with Gasteiger partial charge < -0.3 is 29.8 Å². The zero-order chi connectivity index (χ0) is 33.8. The van der Waals surface area contributed by atoms with E-state index in [0.717, 1.165) is 24.3 Å². The Bertz CT molecular complexity index is 1630. The van der Waals surface area contributed by atoms with E-state index in [0.29, 0.717) is 49.2 Å². The van der Waals surface area contributed by atoms with E-state index in [-0.39, 0.29) is 41.7 Å². The first-order chi connectivity index (χ1) is 23.2. The molecule has 0 spiro atoms. The first-order valence-corrected chi connectivity index (χ1v) is 16.9. The van der Waals surface area contributed by atoms with Crippen LogP contribution in [-0.2, 0) is 9.53 Å². The van der Waals surface area contributed by atoms with Gasteiger partial charge in [0.25, 0.3) is 5.91 Å². The van der Waals surface area contributed by atoms with Crippen LogP contribution in [0.15, 0.2) is 59.6 Å². The van der Waals surface area contributed by atoms with Gasteiger partial charge in [-0.1, -0.05) is 13.8 Å². The van der Waals surface area contributed by atoms with E-state index in [2.05, 4.69) is 25.7 Å². The number of nitrogens with zero attached hydrogens (tertiary/aromatic N) is 6. The molecule has 3 aliphatic rings. The molecule has 0 radical (unpaired) electrons. The third kappa shape index (κ3) is 7.89. The summed E-state index contributed by atoms with van der Waals surface area (Å²) in [6.45, 7) is 4.15. The van der Waals surface area contributed by atoms with Crippen LogP contribution in [0.2, 0.25) is 0 Å². The number of nitrogens with one attached hydrogen (secondary N) is 2. The molecule has 2 amide bonds. The van der Waals surface area contributed by atoms with Gasteiger partial charge in [-0.15, -0.1) is 11.8 Å². The minimum atomic E-state index is -3.06. The van der Waals surface area contributed by atoms with E-state index in [4.69, 9.17) is 9.47 Å². The van der Waals surface area contributed by atoms with E-state index >= 15 is 0 Å². The third-order valence-corrected chi connectivity index (χ3v) is 9.57. The molecule has 6 rings (SSSR count). The van der Waals surface area contributed by atoms with Crippen LogP contribution in [-0.4, -0.2) is 116 Å². The molecule has 16 heteroatoms. The Morgan fingerprint density at radius 2 is 2.04 bits per heavy atom. The minimum absolute atomic E-state index is 0.0136. The van der Waals surface area contributed by atoms with Crippen molar-refractivity contribution in [3.8, 4) is 5.75 Å². The summed E-state index contributed by atoms with van der Waals surface area (Å²) in [6, 6.07) is 6.17. The van der Waals surface area contributed by atoms with Crippen LogP contribution in [0.5, 0.6) is 5.75 Å². The number of thioether (sulfide) groups is 1. The van der Waals surface area contributed by atoms with Gasteiger partial charge in [-0.2, -0.15) is 13.9 Å². The molecular weight excluding hydrogens is 646 g/mol. The first kappa shape index (κ1) is 34.0. The number of hydrogen-bond donors (Lipinski definition) is 3. The Kier molecular flexibility index (Phi) is 10.8. The van der Waals surface area contributed by atoms with Gasteiger partial charge in [0.15, 0.2) is 5.65 Å². The number of aliphatic hydroxyl groups excluding tert-OH is 1. The van der Waals surface area contributed by atoms with E-state index in [1.807, 2.05) is 18.7 Å². The zero-order valence-electron chi connectivity index (χ0n) is 26.8. The van der Waals surface area contributed by atoms with Crippen LogP contribution in [0, 0.1) is 0 Å². The lowest BCUT2D eigenvalue weighted by Crippen LogP contribution is -2.53. The number of amides is 2. The quantitative estimate of drug-likeness (QED) is 0.257. The zero-order valence-corrected chi connectivity index (χ0v) is 27.6. The number of carbonyl (C=O) groups is 2. The molecule has 3 aromatic rings. The molecule has 2 unspecified atom stereocenters. The number of halogens is 2. The second-order valence-electron chi connectivity index (χ2n) is 12.2. The predicted molar refractivity (Wildman–Crippen MR) is 173 cm³/mol. The number of aromatic nitrogens is 3. The number of carbonyl (C=O) groups excluding carboxylic acids is 2. The smallest absolute Gasteiger partial charge is 0.387 e. The highest BCUT2D eigenvalue weighted by Crippen LogP contribution is 2.37. The summed E-state index contributed by atoms with van der Waals surface area (Å²) in [7, 11) is 0. The molecule has 2 fully saturated rings. The lowest BCUT2D eigenvalue weighted by molar-refractivity contribution is -0.134. The maximum Gasteiger partial charge on any atom is 0.387 e. The molecule has 48 heavy (non-hydrogen) atoms. The number of fused-ring (bicyclic) bond motifs is 1. The van der Waals surface area contributed by atoms with Crippen LogP contribution < -0.4 is 15.5 Å². The van der Waals surface area contributed by atoms with Crippen molar-refractivity contribution in [1.82, 2.24) is 40.1 Å². The second kappa shape index (κ2) is 15.2. The average Bonchev–Trinajstić information content (AvgIpc) is 3.69. The van der Waals surface area contributed by atoms with Crippen LogP contribution in [0.4, 0.5) is 8.78 Å². The summed E-state index contributed by atoms with van der Waals surface area (Å²) < 4.78 is 39.1. The molecular formula is C32H40F2N8O5S. The highest BCUT2D eigenvalue weighted by Gasteiger charge is 2.34. The summed E-state index contributed by atoms with van der Waals surface area (Å²) in [6.07, 6.45) is 7.68. The summed E-state index contributed by atoms with van der Waals surface area (Å²) in [5, 5.41) is 18.4. The Morgan fingerprint density at radius 3 is 2.79 bits per heavy atom. The third-order valence-electron chi connectivity index (χ3n) is 8.58. The molecule has 3 aliphatic heterocycles. The van der Waals surface area contributed by atoms with Crippen LogP contribution in [0.25, 0.3) is 5.65 Å². The molecule has 0 bridgehead atoms. The largest absolute Gasteiger partial charge is 0.434 e. The van der Waals surface area contributed by atoms with Crippen molar-refractivity contribution in [3.63, 3.8) is 0 Å². The van der Waals surface area contributed by atoms with Crippen molar-refractivity contribution in [3.05, 3.63) is 65.9 Å². The predicted octanol–water partition coefficient (Wildman–Crippen LogP) is 2.65. The highest BCUT2D eigenvalue weighted by molar-refractivity contribution is 7.99. The normalized spacial score (nSPS) is 20.9. The van der Waals surface area contributed by atoms with Crippen molar-refractivity contribution in [2.24, 2.45) is 0 Å². The summed E-state index contributed by atoms with van der Waals surface area (Å²) in [4.78, 5) is 36.4. The number of rotatable bonds is 11. The van der Waals surface area contributed by atoms with E-state index in [1.165, 1.54) is 16.8 Å². The number of ether oxygens (including phenoxy) is 2. The fourth-order valence-corrected chi connectivity index (χ4v) is 7.23. The molecule has 1 aromatic carbocycles. The minimum Gasteiger partial charge on any atom is -0.434 e. The van der Waals surface area contributed by atoms with Gasteiger partial charge in [-0.05, 0) is 37.1 Å². The first-order valence-electron chi connectivity index (χ1n) is 16.0. The summed E-state index contributed by atoms with van der Waals surface area (Å²) >= 11 is 1.56. The lowest BCUT2D eigenvalue weighted by Gasteiger charge is -2.42. The second-order valence-corrected chi connectivity index (χ2v) is 13.9. The standard InChI is InChI=1S/C32H40F2N8O5S/c1-20(2)48-23-4-5-27(47-32(33)34)24(14-23)29-26(37-31(45)25-15-36-42-9-3-8-35-30(25)42)17-41(38-29)18-28(44)39-10-6-21(7-11-39)40-12-13-46-22(16-40)19-43/h3-5,8-9,14-15,17,20-22,29,32,38,43H,6-7,10-13,16,18-19H2,1-2H3,(H,37,45). The van der Waals surface area contributed by atoms with Gasteiger partial charge in [0.2, 0.25) is 5.91 Å². The number of alkyl halides is 2. The molecule has 0 saturated carbocycles. The van der Waals surface area contributed by atoms with E-state index in [9.17, 15) is 23.5 Å². The molecule has 0 aliphatic carbocycles. The van der Waals surface area contributed by atoms with Crippen molar-refractivity contribution in [1.29, 1.82) is 0 Å². The Labute approximate surface area is 281 Å². The number of piperidine rings is 1. The number of benzene rings is 1. The molecule has 5 heterocycles. The van der Waals surface area contributed by atoms with E-state index < -0.39 is 18.6 Å². The highest BCUT2D eigenvalue weighted by atomic mass is 32.2. The van der Waals surface area contributed by atoms with Gasteiger partial charge in [-0.3, -0.25) is 14.5 Å². The monoisotopic (exact) mass is 686 g/mol. The number of morpholine rings is 1. The van der Waals surface area contributed by atoms with E-state index in [1.54, 1.807) is 53.6 Å². The molecule has 13 nitrogen and oxygen atoms in total. The Morgan fingerprint density at radius 1 is 1.23 bits per heavy atom. The average molecular weight is 687 g/mol. The Hall–Kier alpha value is -3.83. The summed E-state index contributed by atoms with van der Waals surface area (Å²) in [5.74, 6) is -0.651. The number of aliphatic hydroxyl groups is 1.